The third kappa shape index (κ3) is 4.78. The fraction of sp³-hybridized carbons (Fsp3) is 0.533. The highest BCUT2D eigenvalue weighted by molar-refractivity contribution is 5.88. The van der Waals surface area contributed by atoms with Crippen molar-refractivity contribution in [1.82, 2.24) is 0 Å². The molecule has 0 fully saturated rings. The Morgan fingerprint density at radius 2 is 1.94 bits per heavy atom. The van der Waals surface area contributed by atoms with Crippen molar-refractivity contribution >= 4 is 5.97 Å². The lowest BCUT2D eigenvalue weighted by molar-refractivity contribution is 0.0696. The zero-order valence-electron chi connectivity index (χ0n) is 11.2. The van der Waals surface area contributed by atoms with E-state index in [-0.39, 0.29) is 5.56 Å². The van der Waals surface area contributed by atoms with Crippen LogP contribution in [0.5, 0.6) is 5.75 Å². The molecule has 0 bridgehead atoms. The summed E-state index contributed by atoms with van der Waals surface area (Å²) in [5.74, 6) is -0.229. The summed E-state index contributed by atoms with van der Waals surface area (Å²) in [7, 11) is 0. The Kier molecular flexibility index (Phi) is 6.26. The van der Waals surface area contributed by atoms with E-state index in [4.69, 9.17) is 9.84 Å². The van der Waals surface area contributed by atoms with Crippen LogP contribution in [0, 0.1) is 6.92 Å². The molecule has 0 saturated heterocycles. The first-order valence-corrected chi connectivity index (χ1v) is 6.62. The molecular formula is C15H22O3. The van der Waals surface area contributed by atoms with Crippen LogP contribution in [0.4, 0.5) is 0 Å². The zero-order chi connectivity index (χ0) is 13.4. The lowest BCUT2D eigenvalue weighted by Crippen LogP contribution is -2.02. The van der Waals surface area contributed by atoms with Crippen LogP contribution in [0.25, 0.3) is 0 Å². The lowest BCUT2D eigenvalue weighted by atomic mass is 10.1. The molecular weight excluding hydrogens is 228 g/mol. The Balaban J connectivity index is 2.41. The SMILES string of the molecule is CCCCCCCOc1cc(C(=O)O)ccc1C. The van der Waals surface area contributed by atoms with Crippen molar-refractivity contribution in [3.8, 4) is 5.75 Å². The first-order chi connectivity index (χ1) is 8.65. The van der Waals surface area contributed by atoms with Gasteiger partial charge in [-0.3, -0.25) is 0 Å². The Labute approximate surface area is 109 Å². The highest BCUT2D eigenvalue weighted by Crippen LogP contribution is 2.20. The van der Waals surface area contributed by atoms with E-state index < -0.39 is 5.97 Å². The first-order valence-electron chi connectivity index (χ1n) is 6.62. The fourth-order valence-electron chi connectivity index (χ4n) is 1.78. The van der Waals surface area contributed by atoms with Crippen LogP contribution in [-0.4, -0.2) is 17.7 Å². The first kappa shape index (κ1) is 14.6. The van der Waals surface area contributed by atoms with Crippen LogP contribution in [0.2, 0.25) is 0 Å². The second-order valence-electron chi connectivity index (χ2n) is 4.55. The third-order valence-electron chi connectivity index (χ3n) is 2.94. The number of carboxylic acids is 1. The molecule has 1 rings (SSSR count). The van der Waals surface area contributed by atoms with Gasteiger partial charge in [-0.15, -0.1) is 0 Å². The highest BCUT2D eigenvalue weighted by atomic mass is 16.5. The fourth-order valence-corrected chi connectivity index (χ4v) is 1.78. The van der Waals surface area contributed by atoms with E-state index in [9.17, 15) is 4.79 Å². The molecule has 1 N–H and O–H groups in total. The van der Waals surface area contributed by atoms with Crippen molar-refractivity contribution in [2.24, 2.45) is 0 Å². The largest absolute Gasteiger partial charge is 0.493 e. The lowest BCUT2D eigenvalue weighted by Gasteiger charge is -2.09. The summed E-state index contributed by atoms with van der Waals surface area (Å²) in [5.41, 5.74) is 1.26. The molecule has 0 spiro atoms. The van der Waals surface area contributed by atoms with Gasteiger partial charge in [0.25, 0.3) is 0 Å². The molecule has 0 heterocycles. The molecule has 0 aliphatic carbocycles. The van der Waals surface area contributed by atoms with Crippen molar-refractivity contribution in [2.45, 2.75) is 46.0 Å². The van der Waals surface area contributed by atoms with Crippen LogP contribution in [-0.2, 0) is 0 Å². The molecule has 3 heteroatoms. The van der Waals surface area contributed by atoms with Crippen LogP contribution < -0.4 is 4.74 Å². The van der Waals surface area contributed by atoms with Gasteiger partial charge in [-0.05, 0) is 31.0 Å². The molecule has 0 amide bonds. The van der Waals surface area contributed by atoms with Crippen LogP contribution in [0.15, 0.2) is 18.2 Å². The number of carboxylic acid groups (broad SMARTS) is 1. The van der Waals surface area contributed by atoms with Gasteiger partial charge in [0.2, 0.25) is 0 Å². The second-order valence-corrected chi connectivity index (χ2v) is 4.55. The van der Waals surface area contributed by atoms with Gasteiger partial charge in [-0.2, -0.15) is 0 Å². The minimum atomic E-state index is -0.914. The summed E-state index contributed by atoms with van der Waals surface area (Å²) in [6.07, 6.45) is 5.95. The number of aromatic carboxylic acids is 1. The zero-order valence-corrected chi connectivity index (χ0v) is 11.2. The normalized spacial score (nSPS) is 10.3. The standard InChI is InChI=1S/C15H22O3/c1-3-4-5-6-7-10-18-14-11-13(15(16)17)9-8-12(14)2/h8-9,11H,3-7,10H2,1-2H3,(H,16,17). The Morgan fingerprint density at radius 1 is 1.22 bits per heavy atom. The minimum Gasteiger partial charge on any atom is -0.493 e. The summed E-state index contributed by atoms with van der Waals surface area (Å²) in [4.78, 5) is 10.9. The van der Waals surface area contributed by atoms with Crippen LogP contribution >= 0.6 is 0 Å². The van der Waals surface area contributed by atoms with Crippen molar-refractivity contribution < 1.29 is 14.6 Å². The molecule has 0 aromatic heterocycles. The predicted molar refractivity (Wildman–Crippen MR) is 72.4 cm³/mol. The number of unbranched alkanes of at least 4 members (excludes halogenated alkanes) is 4. The maximum absolute atomic E-state index is 10.9. The van der Waals surface area contributed by atoms with Gasteiger partial charge in [0.05, 0.1) is 12.2 Å². The summed E-state index contributed by atoms with van der Waals surface area (Å²) < 4.78 is 5.64. The molecule has 100 valence electrons. The number of aryl methyl sites for hydroxylation is 1. The van der Waals surface area contributed by atoms with E-state index in [0.29, 0.717) is 12.4 Å². The van der Waals surface area contributed by atoms with E-state index in [2.05, 4.69) is 6.92 Å². The van der Waals surface area contributed by atoms with Crippen molar-refractivity contribution in [1.29, 1.82) is 0 Å². The quantitative estimate of drug-likeness (QED) is 0.708. The molecule has 0 unspecified atom stereocenters. The summed E-state index contributed by atoms with van der Waals surface area (Å²) in [6, 6.07) is 4.99. The Morgan fingerprint density at radius 3 is 2.61 bits per heavy atom. The number of rotatable bonds is 8. The van der Waals surface area contributed by atoms with Crippen molar-refractivity contribution in [3.63, 3.8) is 0 Å². The molecule has 1 aromatic rings. The van der Waals surface area contributed by atoms with Crippen LogP contribution in [0.3, 0.4) is 0 Å². The predicted octanol–water partition coefficient (Wildman–Crippen LogP) is 4.04. The maximum Gasteiger partial charge on any atom is 0.335 e. The molecule has 0 radical (unpaired) electrons. The van der Waals surface area contributed by atoms with E-state index in [1.807, 2.05) is 6.92 Å². The molecule has 0 aliphatic heterocycles. The number of carbonyl (C=O) groups is 1. The van der Waals surface area contributed by atoms with Gasteiger partial charge in [0, 0.05) is 0 Å². The van der Waals surface area contributed by atoms with Crippen molar-refractivity contribution in [2.75, 3.05) is 6.61 Å². The molecule has 18 heavy (non-hydrogen) atoms. The van der Waals surface area contributed by atoms with Gasteiger partial charge in [0.15, 0.2) is 0 Å². The van der Waals surface area contributed by atoms with Gasteiger partial charge in [-0.1, -0.05) is 38.7 Å². The number of benzene rings is 1. The molecule has 1 aromatic carbocycles. The van der Waals surface area contributed by atoms with Gasteiger partial charge < -0.3 is 9.84 Å². The van der Waals surface area contributed by atoms with E-state index >= 15 is 0 Å². The highest BCUT2D eigenvalue weighted by Gasteiger charge is 2.06. The molecule has 0 saturated carbocycles. The second kappa shape index (κ2) is 7.75. The smallest absolute Gasteiger partial charge is 0.335 e. The summed E-state index contributed by atoms with van der Waals surface area (Å²) in [6.45, 7) is 4.78. The topological polar surface area (TPSA) is 46.5 Å². The third-order valence-corrected chi connectivity index (χ3v) is 2.94. The van der Waals surface area contributed by atoms with Crippen molar-refractivity contribution in [3.05, 3.63) is 29.3 Å². The Hall–Kier alpha value is -1.51. The van der Waals surface area contributed by atoms with E-state index in [1.165, 1.54) is 25.7 Å². The van der Waals surface area contributed by atoms with E-state index in [0.717, 1.165) is 12.0 Å². The monoisotopic (exact) mass is 250 g/mol. The molecule has 0 aliphatic rings. The average Bonchev–Trinajstić information content (AvgIpc) is 2.35. The average molecular weight is 250 g/mol. The number of ether oxygens (including phenoxy) is 1. The Bertz CT molecular complexity index is 385. The number of hydrogen-bond acceptors (Lipinski definition) is 2. The van der Waals surface area contributed by atoms with E-state index in [1.54, 1.807) is 18.2 Å². The molecule has 0 atom stereocenters. The molecule has 3 nitrogen and oxygen atoms in total. The number of hydrogen-bond donors (Lipinski definition) is 1. The van der Waals surface area contributed by atoms with Gasteiger partial charge in [-0.25, -0.2) is 4.79 Å². The summed E-state index contributed by atoms with van der Waals surface area (Å²) in [5, 5.41) is 8.91. The van der Waals surface area contributed by atoms with Gasteiger partial charge >= 0.3 is 5.97 Å². The van der Waals surface area contributed by atoms with Crippen LogP contribution in [0.1, 0.15) is 54.9 Å². The maximum atomic E-state index is 10.9. The summed E-state index contributed by atoms with van der Waals surface area (Å²) >= 11 is 0. The minimum absolute atomic E-state index is 0.279. The van der Waals surface area contributed by atoms with Gasteiger partial charge in [0.1, 0.15) is 5.75 Å².